The highest BCUT2D eigenvalue weighted by atomic mass is 16.5. The zero-order chi connectivity index (χ0) is 14.5. The van der Waals surface area contributed by atoms with E-state index in [2.05, 4.69) is 23.6 Å². The van der Waals surface area contributed by atoms with Crippen molar-refractivity contribution in [3.8, 4) is 11.5 Å². The predicted molar refractivity (Wildman–Crippen MR) is 81.3 cm³/mol. The van der Waals surface area contributed by atoms with Gasteiger partial charge >= 0.3 is 0 Å². The predicted octanol–water partition coefficient (Wildman–Crippen LogP) is 2.32. The van der Waals surface area contributed by atoms with Crippen LogP contribution in [0.15, 0.2) is 18.2 Å². The van der Waals surface area contributed by atoms with Gasteiger partial charge < -0.3 is 9.84 Å². The fourth-order valence-corrected chi connectivity index (χ4v) is 2.70. The van der Waals surface area contributed by atoms with Gasteiger partial charge in [-0.05, 0) is 31.0 Å². The van der Waals surface area contributed by atoms with Crippen molar-refractivity contribution < 1.29 is 9.84 Å². The van der Waals surface area contributed by atoms with Crippen LogP contribution in [-0.2, 0) is 6.54 Å². The van der Waals surface area contributed by atoms with E-state index in [1.165, 1.54) is 12.0 Å². The highest BCUT2D eigenvalue weighted by molar-refractivity contribution is 5.41. The molecule has 4 heteroatoms. The summed E-state index contributed by atoms with van der Waals surface area (Å²) in [5.74, 6) is 0.763. The van der Waals surface area contributed by atoms with Crippen LogP contribution in [0.5, 0.6) is 11.5 Å². The number of nitrogens with zero attached hydrogens (tertiary/aromatic N) is 2. The smallest absolute Gasteiger partial charge is 0.160 e. The van der Waals surface area contributed by atoms with Gasteiger partial charge in [-0.15, -0.1) is 0 Å². The molecule has 1 heterocycles. The molecule has 1 aliphatic rings. The lowest BCUT2D eigenvalue weighted by atomic mass is 10.1. The Morgan fingerprint density at radius 1 is 1.25 bits per heavy atom. The van der Waals surface area contributed by atoms with Crippen molar-refractivity contribution in [1.29, 1.82) is 0 Å². The average molecular weight is 278 g/mol. The van der Waals surface area contributed by atoms with Gasteiger partial charge in [0.2, 0.25) is 0 Å². The molecule has 0 radical (unpaired) electrons. The first-order valence-corrected chi connectivity index (χ1v) is 7.46. The van der Waals surface area contributed by atoms with E-state index in [9.17, 15) is 5.11 Å². The molecule has 1 atom stereocenters. The number of aromatic hydroxyl groups is 1. The Hall–Kier alpha value is -1.26. The Morgan fingerprint density at radius 3 is 2.55 bits per heavy atom. The third-order valence-electron chi connectivity index (χ3n) is 4.27. The standard InChI is InChI=1S/C16H26N2O2/c1-4-13(2)18-9-7-17(8-10-18)12-14-5-6-15(19)16(11-14)20-3/h5-6,11,13,19H,4,7-10,12H2,1-3H3. The van der Waals surface area contributed by atoms with E-state index in [0.29, 0.717) is 11.8 Å². The third kappa shape index (κ3) is 3.64. The summed E-state index contributed by atoms with van der Waals surface area (Å²) in [6.07, 6.45) is 1.22. The zero-order valence-electron chi connectivity index (χ0n) is 12.8. The van der Waals surface area contributed by atoms with Crippen LogP contribution in [0.3, 0.4) is 0 Å². The first kappa shape index (κ1) is 15.1. The molecule has 112 valence electrons. The van der Waals surface area contributed by atoms with Crippen LogP contribution in [0.4, 0.5) is 0 Å². The zero-order valence-corrected chi connectivity index (χ0v) is 12.8. The Morgan fingerprint density at radius 2 is 1.95 bits per heavy atom. The van der Waals surface area contributed by atoms with Gasteiger partial charge in [0.05, 0.1) is 7.11 Å². The molecule has 1 aromatic carbocycles. The van der Waals surface area contributed by atoms with Gasteiger partial charge in [-0.1, -0.05) is 13.0 Å². The van der Waals surface area contributed by atoms with Crippen LogP contribution in [0, 0.1) is 0 Å². The third-order valence-corrected chi connectivity index (χ3v) is 4.27. The second-order valence-electron chi connectivity index (χ2n) is 5.58. The molecule has 0 spiro atoms. The number of hydrogen-bond donors (Lipinski definition) is 1. The number of hydrogen-bond acceptors (Lipinski definition) is 4. The molecule has 20 heavy (non-hydrogen) atoms. The summed E-state index contributed by atoms with van der Waals surface area (Å²) in [7, 11) is 1.59. The van der Waals surface area contributed by atoms with Crippen molar-refractivity contribution >= 4 is 0 Å². The van der Waals surface area contributed by atoms with Crippen LogP contribution >= 0.6 is 0 Å². The fourth-order valence-electron chi connectivity index (χ4n) is 2.70. The lowest BCUT2D eigenvalue weighted by Crippen LogP contribution is -2.48. The number of rotatable bonds is 5. The minimum absolute atomic E-state index is 0.206. The largest absolute Gasteiger partial charge is 0.504 e. The minimum Gasteiger partial charge on any atom is -0.504 e. The quantitative estimate of drug-likeness (QED) is 0.896. The van der Waals surface area contributed by atoms with Crippen LogP contribution in [0.1, 0.15) is 25.8 Å². The van der Waals surface area contributed by atoms with Crippen molar-refractivity contribution in [3.05, 3.63) is 23.8 Å². The number of phenolic OH excluding ortho intramolecular Hbond substituents is 1. The van der Waals surface area contributed by atoms with Crippen molar-refractivity contribution in [2.75, 3.05) is 33.3 Å². The molecule has 1 N–H and O–H groups in total. The fraction of sp³-hybridized carbons (Fsp3) is 0.625. The molecule has 2 rings (SSSR count). The number of ether oxygens (including phenoxy) is 1. The number of methoxy groups -OCH3 is 1. The topological polar surface area (TPSA) is 35.9 Å². The number of piperazine rings is 1. The average Bonchev–Trinajstić information content (AvgIpc) is 2.49. The SMILES string of the molecule is CCC(C)N1CCN(Cc2ccc(O)c(OC)c2)CC1. The van der Waals surface area contributed by atoms with Gasteiger partial charge in [0.15, 0.2) is 11.5 Å². The van der Waals surface area contributed by atoms with E-state index in [0.717, 1.165) is 32.7 Å². The second-order valence-corrected chi connectivity index (χ2v) is 5.58. The Balaban J connectivity index is 1.89. The molecule has 1 unspecified atom stereocenters. The van der Waals surface area contributed by atoms with Crippen LogP contribution < -0.4 is 4.74 Å². The van der Waals surface area contributed by atoms with E-state index in [1.54, 1.807) is 13.2 Å². The molecular weight excluding hydrogens is 252 g/mol. The second kappa shape index (κ2) is 6.95. The highest BCUT2D eigenvalue weighted by Gasteiger charge is 2.20. The van der Waals surface area contributed by atoms with E-state index >= 15 is 0 Å². The lowest BCUT2D eigenvalue weighted by Gasteiger charge is -2.37. The van der Waals surface area contributed by atoms with E-state index in [4.69, 9.17) is 4.74 Å². The molecule has 4 nitrogen and oxygen atoms in total. The normalized spacial score (nSPS) is 18.9. The maximum atomic E-state index is 9.62. The molecule has 0 aromatic heterocycles. The molecular formula is C16H26N2O2. The molecule has 1 saturated heterocycles. The summed E-state index contributed by atoms with van der Waals surface area (Å²) in [5, 5.41) is 9.62. The van der Waals surface area contributed by atoms with Gasteiger partial charge in [0, 0.05) is 38.8 Å². The summed E-state index contributed by atoms with van der Waals surface area (Å²) in [5.41, 5.74) is 1.19. The first-order valence-electron chi connectivity index (χ1n) is 7.46. The summed E-state index contributed by atoms with van der Waals surface area (Å²) >= 11 is 0. The molecule has 1 aliphatic heterocycles. The van der Waals surface area contributed by atoms with Crippen molar-refractivity contribution in [3.63, 3.8) is 0 Å². The lowest BCUT2D eigenvalue weighted by molar-refractivity contribution is 0.0963. The van der Waals surface area contributed by atoms with Crippen LogP contribution in [0.2, 0.25) is 0 Å². The Bertz CT molecular complexity index is 428. The maximum absolute atomic E-state index is 9.62. The molecule has 0 amide bonds. The van der Waals surface area contributed by atoms with E-state index < -0.39 is 0 Å². The van der Waals surface area contributed by atoms with Crippen molar-refractivity contribution in [2.45, 2.75) is 32.9 Å². The van der Waals surface area contributed by atoms with E-state index in [1.807, 2.05) is 12.1 Å². The molecule has 0 saturated carbocycles. The van der Waals surface area contributed by atoms with E-state index in [-0.39, 0.29) is 5.75 Å². The van der Waals surface area contributed by atoms with Gasteiger partial charge in [0.25, 0.3) is 0 Å². The Kier molecular flexibility index (Phi) is 5.26. The molecule has 1 fully saturated rings. The minimum atomic E-state index is 0.206. The van der Waals surface area contributed by atoms with Gasteiger partial charge in [-0.3, -0.25) is 9.80 Å². The molecule has 1 aromatic rings. The summed E-state index contributed by atoms with van der Waals surface area (Å²) in [6.45, 7) is 9.97. The Labute approximate surface area is 122 Å². The monoisotopic (exact) mass is 278 g/mol. The summed E-state index contributed by atoms with van der Waals surface area (Å²) in [4.78, 5) is 5.03. The molecule has 0 bridgehead atoms. The van der Waals surface area contributed by atoms with Gasteiger partial charge in [-0.25, -0.2) is 0 Å². The number of benzene rings is 1. The van der Waals surface area contributed by atoms with Crippen molar-refractivity contribution in [1.82, 2.24) is 9.80 Å². The van der Waals surface area contributed by atoms with Gasteiger partial charge in [0.1, 0.15) is 0 Å². The van der Waals surface area contributed by atoms with Gasteiger partial charge in [-0.2, -0.15) is 0 Å². The molecule has 0 aliphatic carbocycles. The number of phenols is 1. The van der Waals surface area contributed by atoms with Crippen LogP contribution in [-0.4, -0.2) is 54.2 Å². The van der Waals surface area contributed by atoms with Crippen LogP contribution in [0.25, 0.3) is 0 Å². The highest BCUT2D eigenvalue weighted by Crippen LogP contribution is 2.27. The maximum Gasteiger partial charge on any atom is 0.160 e. The first-order chi connectivity index (χ1) is 9.63. The van der Waals surface area contributed by atoms with Crippen molar-refractivity contribution in [2.24, 2.45) is 0 Å². The summed E-state index contributed by atoms with van der Waals surface area (Å²) in [6, 6.07) is 6.30. The summed E-state index contributed by atoms with van der Waals surface area (Å²) < 4.78 is 5.16.